The van der Waals surface area contributed by atoms with Crippen LogP contribution in [0.25, 0.3) is 101 Å². The minimum absolute atomic E-state index is 0.577. The van der Waals surface area contributed by atoms with Gasteiger partial charge in [0.1, 0.15) is 23.0 Å². The summed E-state index contributed by atoms with van der Waals surface area (Å²) in [6.45, 7) is 0. The van der Waals surface area contributed by atoms with E-state index in [1.54, 1.807) is 0 Å². The third kappa shape index (κ3) is 7.39. The molecule has 4 aliphatic rings. The highest BCUT2D eigenvalue weighted by molar-refractivity contribution is 5.93. The Morgan fingerprint density at radius 2 is 0.545 bits per heavy atom. The molecule has 4 heteroatoms. The molecule has 4 heterocycles. The molecule has 0 bridgehead atoms. The minimum atomic E-state index is -0.579. The number of pyridine rings is 2. The van der Waals surface area contributed by atoms with E-state index in [0.717, 1.165) is 124 Å². The van der Waals surface area contributed by atoms with Crippen LogP contribution in [0.15, 0.2) is 315 Å². The molecule has 0 saturated carbocycles. The van der Waals surface area contributed by atoms with Crippen LogP contribution in [0.1, 0.15) is 44.5 Å². The Labute approximate surface area is 511 Å². The van der Waals surface area contributed by atoms with Crippen molar-refractivity contribution in [2.75, 3.05) is 0 Å². The zero-order valence-electron chi connectivity index (χ0n) is 47.7. The van der Waals surface area contributed by atoms with Gasteiger partial charge >= 0.3 is 0 Å². The molecule has 18 rings (SSSR count). The lowest BCUT2D eigenvalue weighted by Gasteiger charge is -2.40. The molecule has 12 aromatic carbocycles. The molecular weight excluding hydrogens is 1070 g/mol. The van der Waals surface area contributed by atoms with Crippen molar-refractivity contribution in [1.82, 2.24) is 9.97 Å². The van der Waals surface area contributed by atoms with Gasteiger partial charge in [-0.2, -0.15) is 0 Å². The van der Waals surface area contributed by atoms with Crippen LogP contribution < -0.4 is 9.47 Å². The highest BCUT2D eigenvalue weighted by Gasteiger charge is 2.53. The van der Waals surface area contributed by atoms with E-state index < -0.39 is 10.8 Å². The van der Waals surface area contributed by atoms with E-state index in [-0.39, 0.29) is 0 Å². The van der Waals surface area contributed by atoms with Gasteiger partial charge in [0.05, 0.1) is 33.6 Å². The van der Waals surface area contributed by atoms with E-state index in [4.69, 9.17) is 19.4 Å². The Kier molecular flexibility index (Phi) is 11.1. The summed E-state index contributed by atoms with van der Waals surface area (Å²) in [5.74, 6) is 3.45. The van der Waals surface area contributed by atoms with E-state index in [1.165, 1.54) is 44.5 Å². The molecule has 2 aliphatic heterocycles. The number of para-hydroxylation sites is 3. The van der Waals surface area contributed by atoms with Crippen LogP contribution in [0.4, 0.5) is 0 Å². The molecule has 2 spiro atoms. The van der Waals surface area contributed by atoms with Crippen molar-refractivity contribution in [1.29, 1.82) is 0 Å². The van der Waals surface area contributed by atoms with Gasteiger partial charge in [-0.1, -0.05) is 261 Å². The molecule has 14 aromatic rings. The fraction of sp³-hybridized carbons (Fsp3) is 0.0238. The number of ether oxygens (including phenoxy) is 2. The monoisotopic (exact) mass is 1120 g/mol. The average Bonchev–Trinajstić information content (AvgIpc) is 1.53. The number of hydrogen-bond donors (Lipinski definition) is 0. The van der Waals surface area contributed by atoms with Crippen molar-refractivity contribution in [3.8, 4) is 124 Å². The van der Waals surface area contributed by atoms with Crippen molar-refractivity contribution in [3.05, 3.63) is 360 Å². The normalized spacial score (nSPS) is 13.6. The molecule has 2 aliphatic carbocycles. The fourth-order valence-electron chi connectivity index (χ4n) is 15.0. The van der Waals surface area contributed by atoms with Gasteiger partial charge in [0, 0.05) is 50.1 Å². The van der Waals surface area contributed by atoms with Crippen molar-refractivity contribution >= 4 is 0 Å². The van der Waals surface area contributed by atoms with Gasteiger partial charge in [-0.15, -0.1) is 0 Å². The maximum absolute atomic E-state index is 7.19. The summed E-state index contributed by atoms with van der Waals surface area (Å²) in [5, 5.41) is 0. The number of fused-ring (bicyclic) bond motifs is 18. The first kappa shape index (κ1) is 49.9. The van der Waals surface area contributed by atoms with Gasteiger partial charge in [-0.25, -0.2) is 9.97 Å². The second-order valence-electron chi connectivity index (χ2n) is 23.4. The van der Waals surface area contributed by atoms with E-state index in [9.17, 15) is 0 Å². The van der Waals surface area contributed by atoms with Crippen molar-refractivity contribution in [2.24, 2.45) is 0 Å². The lowest BCUT2D eigenvalue weighted by atomic mass is 9.65. The Balaban J connectivity index is 0.734. The lowest BCUT2D eigenvalue weighted by molar-refractivity contribution is 0.436. The van der Waals surface area contributed by atoms with Crippen LogP contribution in [0.5, 0.6) is 23.0 Å². The second-order valence-corrected chi connectivity index (χ2v) is 23.4. The maximum Gasteiger partial charge on any atom is 0.140 e. The van der Waals surface area contributed by atoms with E-state index in [1.807, 2.05) is 0 Å². The molecular formula is C84H52N2O2. The van der Waals surface area contributed by atoms with Crippen LogP contribution in [0.3, 0.4) is 0 Å². The fourth-order valence-corrected chi connectivity index (χ4v) is 15.0. The first-order valence-electron chi connectivity index (χ1n) is 30.2. The quantitative estimate of drug-likeness (QED) is 0.160. The first-order valence-corrected chi connectivity index (χ1v) is 30.2. The highest BCUT2D eigenvalue weighted by atomic mass is 16.5. The van der Waals surface area contributed by atoms with Crippen LogP contribution in [0, 0.1) is 0 Å². The number of hydrogen-bond acceptors (Lipinski definition) is 4. The summed E-state index contributed by atoms with van der Waals surface area (Å²) in [7, 11) is 0. The van der Waals surface area contributed by atoms with Gasteiger partial charge in [-0.05, 0) is 127 Å². The van der Waals surface area contributed by atoms with E-state index in [2.05, 4.69) is 315 Å². The SMILES string of the molecule is c1ccc(-c2cc(-c3ccc4c(c3)C3(c5ccccc5O4)c4ccccc4-c4ccccc43)cc(-c3ccc(-c4cccc(-c5cc(-c6cccc7c6Oc6ccccc6C76c7ccccc7-c7ccccc76)cc(-c6ccccc6)n5)c4)cc3)n2)cc1. The Bertz CT molecular complexity index is 5070. The molecule has 2 aromatic heterocycles. The zero-order chi connectivity index (χ0) is 57.9. The number of rotatable bonds is 7. The molecule has 0 fully saturated rings. The Hall–Kier alpha value is -11.5. The maximum atomic E-state index is 7.19. The van der Waals surface area contributed by atoms with Gasteiger partial charge in [0.25, 0.3) is 0 Å². The number of benzene rings is 12. The summed E-state index contributed by atoms with van der Waals surface area (Å²) in [5.41, 5.74) is 27.5. The van der Waals surface area contributed by atoms with Gasteiger partial charge < -0.3 is 9.47 Å². The molecule has 0 amide bonds. The van der Waals surface area contributed by atoms with Gasteiger partial charge in [0.2, 0.25) is 0 Å². The average molecular weight is 1120 g/mol. The van der Waals surface area contributed by atoms with Crippen LogP contribution in [-0.4, -0.2) is 9.97 Å². The summed E-state index contributed by atoms with van der Waals surface area (Å²) in [4.78, 5) is 10.9. The van der Waals surface area contributed by atoms with Crippen molar-refractivity contribution in [3.63, 3.8) is 0 Å². The molecule has 88 heavy (non-hydrogen) atoms. The molecule has 0 radical (unpaired) electrons. The lowest BCUT2D eigenvalue weighted by Crippen LogP contribution is -2.32. The molecule has 0 atom stereocenters. The van der Waals surface area contributed by atoms with Crippen molar-refractivity contribution in [2.45, 2.75) is 10.8 Å². The first-order chi connectivity index (χ1) is 43.6. The largest absolute Gasteiger partial charge is 0.457 e. The third-order valence-electron chi connectivity index (χ3n) is 18.8. The summed E-state index contributed by atoms with van der Waals surface area (Å²) < 4.78 is 14.0. The molecule has 4 nitrogen and oxygen atoms in total. The second kappa shape index (κ2) is 19.5. The molecule has 0 N–H and O–H groups in total. The van der Waals surface area contributed by atoms with Crippen LogP contribution >= 0.6 is 0 Å². The molecule has 0 unspecified atom stereocenters. The van der Waals surface area contributed by atoms with Crippen LogP contribution in [-0.2, 0) is 10.8 Å². The minimum Gasteiger partial charge on any atom is -0.457 e. The number of aromatic nitrogens is 2. The topological polar surface area (TPSA) is 44.2 Å². The summed E-state index contributed by atoms with van der Waals surface area (Å²) in [6, 6.07) is 114. The highest BCUT2D eigenvalue weighted by Crippen LogP contribution is 2.65. The van der Waals surface area contributed by atoms with Crippen LogP contribution in [0.2, 0.25) is 0 Å². The molecule has 410 valence electrons. The standard InChI is InChI=1S/C84H52N2O2/c1-3-21-54(22-4-1)75-49-60(58-45-46-81-74(48-58)84(71-36-15-17-39-79(71)87-81)69-34-13-9-29-65(69)66-30-10-14-35-70(66)84)50-76(85-75)56-43-41-53(42-44-56)57-25-19-26-59(47-57)78-52-61(51-77(86-78)55-23-5-2-6-24-55)62-31-20-38-73-82(62)88-80-40-18-16-37-72(80)83(73)67-32-11-7-27-63(67)64-28-8-12-33-68(64)83/h1-52H. The Morgan fingerprint density at radius 3 is 1.10 bits per heavy atom. The van der Waals surface area contributed by atoms with E-state index in [0.29, 0.717) is 0 Å². The number of nitrogens with zero attached hydrogens (tertiary/aromatic N) is 2. The predicted octanol–water partition coefficient (Wildman–Crippen LogP) is 21.1. The van der Waals surface area contributed by atoms with Gasteiger partial charge in [-0.3, -0.25) is 0 Å². The summed E-state index contributed by atoms with van der Waals surface area (Å²) >= 11 is 0. The smallest absolute Gasteiger partial charge is 0.140 e. The third-order valence-corrected chi connectivity index (χ3v) is 18.8. The zero-order valence-corrected chi connectivity index (χ0v) is 47.7. The predicted molar refractivity (Wildman–Crippen MR) is 355 cm³/mol. The Morgan fingerprint density at radius 1 is 0.193 bits per heavy atom. The van der Waals surface area contributed by atoms with Crippen molar-refractivity contribution < 1.29 is 9.47 Å². The summed E-state index contributed by atoms with van der Waals surface area (Å²) in [6.07, 6.45) is 0. The van der Waals surface area contributed by atoms with E-state index >= 15 is 0 Å². The molecule has 0 saturated heterocycles. The van der Waals surface area contributed by atoms with Gasteiger partial charge in [0.15, 0.2) is 0 Å².